The van der Waals surface area contributed by atoms with Gasteiger partial charge in [0.2, 0.25) is 5.91 Å². The molecule has 1 aromatic rings. The van der Waals surface area contributed by atoms with E-state index in [2.05, 4.69) is 15.9 Å². The number of amides is 1. The fraction of sp³-hybridized carbons (Fsp3) is 0.333. The second kappa shape index (κ2) is 6.99. The smallest absolute Gasteiger partial charge is 0.257 e. The van der Waals surface area contributed by atoms with Gasteiger partial charge in [0.25, 0.3) is 6.43 Å². The maximum Gasteiger partial charge on any atom is 0.257 e. The molecule has 1 rings (SSSR count). The van der Waals surface area contributed by atoms with E-state index in [1.165, 1.54) is 12.1 Å². The molecule has 0 saturated heterocycles. The van der Waals surface area contributed by atoms with Crippen molar-refractivity contribution in [1.29, 1.82) is 5.26 Å². The van der Waals surface area contributed by atoms with E-state index < -0.39 is 29.3 Å². The highest BCUT2D eigenvalue weighted by Gasteiger charge is 2.45. The minimum Gasteiger partial charge on any atom is -0.370 e. The van der Waals surface area contributed by atoms with Crippen LogP contribution in [0.15, 0.2) is 22.7 Å². The molecule has 2 N–H and O–H groups in total. The second-order valence-corrected chi connectivity index (χ2v) is 6.13. The van der Waals surface area contributed by atoms with E-state index in [1.807, 2.05) is 0 Å². The zero-order chi connectivity index (χ0) is 15.3. The van der Waals surface area contributed by atoms with Crippen molar-refractivity contribution in [1.82, 2.24) is 0 Å². The lowest BCUT2D eigenvalue weighted by Crippen LogP contribution is -2.37. The van der Waals surface area contributed by atoms with Gasteiger partial charge in [-0.2, -0.15) is 5.26 Å². The van der Waals surface area contributed by atoms with E-state index in [4.69, 9.17) is 11.0 Å². The molecule has 0 aliphatic heterocycles. The molecule has 1 amide bonds. The number of halogens is 4. The molecule has 0 aliphatic carbocycles. The average Bonchev–Trinajstić information content (AvgIpc) is 2.36. The third kappa shape index (κ3) is 3.67. The Hall–Kier alpha value is -1.20. The first-order chi connectivity index (χ1) is 9.33. The highest BCUT2D eigenvalue weighted by Crippen LogP contribution is 2.46. The number of carbonyl (C=O) groups is 1. The van der Waals surface area contributed by atoms with Crippen molar-refractivity contribution in [2.75, 3.05) is 5.75 Å². The molecule has 3 nitrogen and oxygen atoms in total. The molecule has 0 fully saturated rings. The number of benzene rings is 1. The normalized spacial score (nSPS) is 13.8. The number of nitrogens with zero attached hydrogens (tertiary/aromatic N) is 1. The molecule has 0 aliphatic rings. The number of alkyl halides is 2. The van der Waals surface area contributed by atoms with E-state index in [-0.39, 0.29) is 11.3 Å². The van der Waals surface area contributed by atoms with Gasteiger partial charge in [-0.15, -0.1) is 11.8 Å². The number of nitrogens with two attached hydrogens (primary N) is 1. The summed E-state index contributed by atoms with van der Waals surface area (Å²) in [6, 6.07) is 5.25. The van der Waals surface area contributed by atoms with E-state index in [9.17, 15) is 18.0 Å². The lowest BCUT2D eigenvalue weighted by atomic mass is 9.94. The summed E-state index contributed by atoms with van der Waals surface area (Å²) >= 11 is 3.58. The van der Waals surface area contributed by atoms with Gasteiger partial charge in [-0.3, -0.25) is 4.79 Å². The van der Waals surface area contributed by atoms with Gasteiger partial charge in [-0.05, 0) is 18.2 Å². The van der Waals surface area contributed by atoms with Crippen molar-refractivity contribution in [2.24, 2.45) is 5.73 Å². The number of hydrogen-bond acceptors (Lipinski definition) is 3. The Bertz CT molecular complexity index is 550. The molecule has 1 aromatic carbocycles. The summed E-state index contributed by atoms with van der Waals surface area (Å²) in [5.74, 6) is -2.18. The summed E-state index contributed by atoms with van der Waals surface area (Å²) in [6.07, 6.45) is -3.82. The van der Waals surface area contributed by atoms with Crippen LogP contribution in [-0.4, -0.2) is 18.1 Å². The predicted octanol–water partition coefficient (Wildman–Crippen LogP) is 3.18. The molecule has 0 radical (unpaired) electrons. The van der Waals surface area contributed by atoms with Crippen molar-refractivity contribution in [3.05, 3.63) is 34.1 Å². The van der Waals surface area contributed by atoms with Gasteiger partial charge in [0.15, 0.2) is 0 Å². The number of hydrogen-bond donors (Lipinski definition) is 1. The lowest BCUT2D eigenvalue weighted by molar-refractivity contribution is -0.119. The minimum atomic E-state index is -3.06. The molecule has 108 valence electrons. The summed E-state index contributed by atoms with van der Waals surface area (Å²) in [7, 11) is 0. The van der Waals surface area contributed by atoms with Crippen LogP contribution in [0.5, 0.6) is 0 Å². The number of nitriles is 1. The number of thioether (sulfide) groups is 1. The van der Waals surface area contributed by atoms with Gasteiger partial charge in [0.1, 0.15) is 10.6 Å². The molecule has 0 heterocycles. The highest BCUT2D eigenvalue weighted by molar-refractivity contribution is 9.10. The summed E-state index contributed by atoms with van der Waals surface area (Å²) < 4.78 is 39.1. The third-order valence-electron chi connectivity index (χ3n) is 2.57. The second-order valence-electron chi connectivity index (χ2n) is 3.90. The van der Waals surface area contributed by atoms with Gasteiger partial charge < -0.3 is 5.73 Å². The average molecular weight is 367 g/mol. The highest BCUT2D eigenvalue weighted by atomic mass is 79.9. The van der Waals surface area contributed by atoms with Gasteiger partial charge in [0, 0.05) is 10.0 Å². The lowest BCUT2D eigenvalue weighted by Gasteiger charge is -2.31. The summed E-state index contributed by atoms with van der Waals surface area (Å²) in [6.45, 7) is 0. The van der Waals surface area contributed by atoms with Crippen LogP contribution in [0.25, 0.3) is 0 Å². The van der Waals surface area contributed by atoms with Crippen molar-refractivity contribution in [3.63, 3.8) is 0 Å². The van der Waals surface area contributed by atoms with Crippen molar-refractivity contribution in [2.45, 2.75) is 17.6 Å². The molecular weight excluding hydrogens is 357 g/mol. The minimum absolute atomic E-state index is 0.316. The van der Waals surface area contributed by atoms with Crippen LogP contribution in [0.2, 0.25) is 0 Å². The van der Waals surface area contributed by atoms with Crippen LogP contribution in [-0.2, 0) is 9.54 Å². The monoisotopic (exact) mass is 366 g/mol. The maximum absolute atomic E-state index is 13.9. The van der Waals surface area contributed by atoms with Crippen molar-refractivity contribution < 1.29 is 18.0 Å². The zero-order valence-corrected chi connectivity index (χ0v) is 12.5. The predicted molar refractivity (Wildman–Crippen MR) is 73.7 cm³/mol. The van der Waals surface area contributed by atoms with Gasteiger partial charge in [-0.1, -0.05) is 15.9 Å². The van der Waals surface area contributed by atoms with E-state index in [1.54, 1.807) is 6.07 Å². The van der Waals surface area contributed by atoms with Crippen LogP contribution in [0, 0.1) is 17.1 Å². The number of rotatable bonds is 6. The topological polar surface area (TPSA) is 66.9 Å². The van der Waals surface area contributed by atoms with Crippen LogP contribution in [0.3, 0.4) is 0 Å². The van der Waals surface area contributed by atoms with Crippen LogP contribution in [0.1, 0.15) is 12.0 Å². The Morgan fingerprint density at radius 1 is 1.55 bits per heavy atom. The van der Waals surface area contributed by atoms with Crippen LogP contribution >= 0.6 is 27.7 Å². The van der Waals surface area contributed by atoms with Gasteiger partial charge in [0.05, 0.1) is 18.2 Å². The van der Waals surface area contributed by atoms with Gasteiger partial charge >= 0.3 is 0 Å². The van der Waals surface area contributed by atoms with E-state index >= 15 is 0 Å². The molecule has 0 saturated carbocycles. The summed E-state index contributed by atoms with van der Waals surface area (Å²) in [5.41, 5.74) is 4.66. The van der Waals surface area contributed by atoms with Gasteiger partial charge in [-0.25, -0.2) is 13.2 Å². The fourth-order valence-electron chi connectivity index (χ4n) is 1.72. The first kappa shape index (κ1) is 16.9. The summed E-state index contributed by atoms with van der Waals surface area (Å²) in [4.78, 5) is 11.1. The maximum atomic E-state index is 13.9. The Morgan fingerprint density at radius 3 is 2.70 bits per heavy atom. The van der Waals surface area contributed by atoms with Crippen molar-refractivity contribution in [3.8, 4) is 6.07 Å². The Labute approximate surface area is 126 Å². The largest absolute Gasteiger partial charge is 0.370 e. The molecule has 0 bridgehead atoms. The Kier molecular flexibility index (Phi) is 5.89. The first-order valence-corrected chi connectivity index (χ1v) is 7.14. The number of carbonyl (C=O) groups excluding carboxylic acids is 1. The molecule has 8 heteroatoms. The SMILES string of the molecule is N#CCSC(CC(N)=O)(c1cc(Br)ccc1F)C(F)F. The first-order valence-electron chi connectivity index (χ1n) is 5.36. The fourth-order valence-corrected chi connectivity index (χ4v) is 3.09. The van der Waals surface area contributed by atoms with Crippen LogP contribution in [0.4, 0.5) is 13.2 Å². The Morgan fingerprint density at radius 2 is 2.20 bits per heavy atom. The third-order valence-corrected chi connectivity index (χ3v) is 4.39. The number of primary amides is 1. The van der Waals surface area contributed by atoms with E-state index in [0.29, 0.717) is 16.2 Å². The molecule has 0 spiro atoms. The molecule has 1 unspecified atom stereocenters. The molecular formula is C12H10BrF3N2OS. The van der Waals surface area contributed by atoms with Crippen LogP contribution < -0.4 is 5.73 Å². The molecule has 20 heavy (non-hydrogen) atoms. The van der Waals surface area contributed by atoms with Crippen molar-refractivity contribution >= 4 is 33.6 Å². The standard InChI is InChI=1S/C12H10BrF3N2OS/c13-7-1-2-9(14)8(5-7)12(11(15)16,6-10(18)19)20-4-3-17/h1-2,5,11H,4,6H2,(H2,18,19). The van der Waals surface area contributed by atoms with E-state index in [0.717, 1.165) is 6.07 Å². The molecule has 0 aromatic heterocycles. The Balaban J connectivity index is 3.43. The summed E-state index contributed by atoms with van der Waals surface area (Å²) in [5, 5.41) is 8.58. The zero-order valence-electron chi connectivity index (χ0n) is 10.1. The quantitative estimate of drug-likeness (QED) is 0.840. The molecule has 1 atom stereocenters.